The first-order chi connectivity index (χ1) is 32.8. The van der Waals surface area contributed by atoms with Crippen LogP contribution in [0.3, 0.4) is 0 Å². The summed E-state index contributed by atoms with van der Waals surface area (Å²) in [6, 6.07) is 16.4. The van der Waals surface area contributed by atoms with Crippen molar-refractivity contribution in [2.24, 2.45) is 0 Å². The number of aromatic nitrogens is 2. The van der Waals surface area contributed by atoms with E-state index in [1.807, 2.05) is 35.6 Å². The summed E-state index contributed by atoms with van der Waals surface area (Å²) in [6.07, 6.45) is 7.13. The Balaban J connectivity index is 0.000000558. The number of ether oxygens (including phenoxy) is 4. The fourth-order valence-electron chi connectivity index (χ4n) is 5.01. The minimum atomic E-state index is -4.61. The summed E-state index contributed by atoms with van der Waals surface area (Å²) < 4.78 is 68.6. The molecule has 1 heterocycles. The largest absolute Gasteiger partial charge is 0.778 e. The molecular weight excluding hydrogens is 1030 g/mol. The van der Waals surface area contributed by atoms with Gasteiger partial charge >= 0.3 is 29.4 Å². The van der Waals surface area contributed by atoms with Crippen molar-refractivity contribution in [1.82, 2.24) is 15.5 Å². The molecule has 0 aliphatic rings. The van der Waals surface area contributed by atoms with Crippen molar-refractivity contribution < 1.29 is 75.7 Å². The van der Waals surface area contributed by atoms with E-state index in [0.717, 1.165) is 54.5 Å². The number of carbonyl (C=O) groups excluding carboxylic acids is 3. The van der Waals surface area contributed by atoms with Crippen LogP contribution in [0.5, 0.6) is 17.2 Å². The van der Waals surface area contributed by atoms with Gasteiger partial charge in [0.25, 0.3) is 5.69 Å². The molecule has 0 spiro atoms. The van der Waals surface area contributed by atoms with Gasteiger partial charge in [0.1, 0.15) is 30.4 Å². The Bertz CT molecular complexity index is 2350. The number of alkyl halides is 3. The molecule has 4 rings (SSSR count). The number of thioether (sulfide) groups is 1. The van der Waals surface area contributed by atoms with E-state index < -0.39 is 72.4 Å². The molecule has 2 atom stereocenters. The van der Waals surface area contributed by atoms with Gasteiger partial charge in [-0.25, -0.2) is 14.4 Å². The first-order valence-corrected chi connectivity index (χ1v) is 26.8. The fourth-order valence-corrected chi connectivity index (χ4v) is 6.42. The molecule has 26 heteroatoms. The zero-order chi connectivity index (χ0) is 53.0. The molecule has 1 aromatic heterocycles. The highest BCUT2D eigenvalue weighted by molar-refractivity contribution is 8.13. The van der Waals surface area contributed by atoms with Crippen molar-refractivity contribution in [3.63, 3.8) is 0 Å². The number of nitrogens with zero attached hydrogens (tertiary/aromatic N) is 3. The monoisotopic (exact) mass is 1080 g/mol. The number of halogens is 5. The van der Waals surface area contributed by atoms with Crippen LogP contribution in [0.1, 0.15) is 75.2 Å². The zero-order valence-electron chi connectivity index (χ0n) is 38.9. The zero-order valence-corrected chi connectivity index (χ0v) is 42.9. The number of nitrogens with one attached hydrogen (secondary N) is 1. The quantitative estimate of drug-likeness (QED) is 0.0185. The Morgan fingerprint density at radius 2 is 1.56 bits per heavy atom. The Labute approximate surface area is 420 Å². The first-order valence-electron chi connectivity index (χ1n) is 20.9. The number of carbonyl (C=O) groups is 4. The van der Waals surface area contributed by atoms with Crippen LogP contribution < -0.4 is 19.7 Å². The molecule has 70 heavy (non-hydrogen) atoms. The number of nitro groups is 1. The SMILES string of the molecule is CCCCCCCCSC(=O)Oc1cc(Cl)nnc1-c1ccccc1.CCOC(=O)C(C)OC(=O)c1cc(Oc2ccc(C(F)(F)F)cc2Cl)ccc1[N+](=O)[O-].C[S+](C)C.O=C(O)CNCP(=O)([O-])O. The predicted molar refractivity (Wildman–Crippen MR) is 261 cm³/mol. The van der Waals surface area contributed by atoms with Crippen molar-refractivity contribution in [3.8, 4) is 28.5 Å². The van der Waals surface area contributed by atoms with E-state index in [0.29, 0.717) is 28.4 Å². The number of rotatable bonds is 20. The molecule has 0 amide bonds. The number of aliphatic carboxylic acids is 1. The molecule has 2 unspecified atom stereocenters. The van der Waals surface area contributed by atoms with Crippen LogP contribution in [0.4, 0.5) is 23.7 Å². The number of carboxylic acid groups (broad SMARTS) is 1. The van der Waals surface area contributed by atoms with Crippen molar-refractivity contribution >= 4 is 82.4 Å². The highest BCUT2D eigenvalue weighted by atomic mass is 35.5. The maximum atomic E-state index is 12.8. The van der Waals surface area contributed by atoms with E-state index in [9.17, 15) is 51.9 Å². The van der Waals surface area contributed by atoms with Crippen LogP contribution >= 0.6 is 42.6 Å². The summed E-state index contributed by atoms with van der Waals surface area (Å²) in [5.41, 5.74) is -0.826. The number of nitro benzene ring substituents is 1. The highest BCUT2D eigenvalue weighted by Gasteiger charge is 2.31. The number of hydrogen-bond acceptors (Lipinski definition) is 16. The molecule has 0 saturated carbocycles. The van der Waals surface area contributed by atoms with Gasteiger partial charge in [-0.1, -0.05) is 92.6 Å². The van der Waals surface area contributed by atoms with Gasteiger partial charge in [-0.3, -0.25) is 20.2 Å². The van der Waals surface area contributed by atoms with Crippen molar-refractivity contribution in [3.05, 3.63) is 104 Å². The predicted octanol–water partition coefficient (Wildman–Crippen LogP) is 10.2. The lowest BCUT2D eigenvalue weighted by Gasteiger charge is -2.14. The molecule has 3 aromatic carbocycles. The van der Waals surface area contributed by atoms with E-state index in [-0.39, 0.29) is 33.6 Å². The third kappa shape index (κ3) is 26.8. The Hall–Kier alpha value is -5.00. The van der Waals surface area contributed by atoms with E-state index in [2.05, 4.69) is 35.9 Å². The third-order valence-electron chi connectivity index (χ3n) is 8.05. The molecular formula is C44H54Cl2F3N4O14PS2. The summed E-state index contributed by atoms with van der Waals surface area (Å²) in [7, 11) is -3.71. The second-order valence-corrected chi connectivity index (χ2v) is 20.4. The standard InChI is InChI=1S/C19H15ClF3NO7.C19H23ClN2O2S.C3H8NO5P.C3H9S/c1-3-29-17(25)10(2)30-18(26)13-9-12(5-6-15(13)24(27)28)31-16-7-4-11(8-14(16)20)19(21,22)23;1-2-3-4-5-6-10-13-25-19(23)24-16-14-17(20)21-22-18(16)15-11-8-7-9-12-15;5-3(6)1-4-2-10(7,8)9;1-4(2)3/h4-10H,3H2,1-2H3;7-9,11-12,14H,2-6,10,13H2,1H3;4H,1-2H2,(H,5,6)(H2,7,8,9);1-3H3/q;;;+1/p-1. The molecule has 0 radical (unpaired) electrons. The minimum Gasteiger partial charge on any atom is -0.778 e. The number of hydrogen-bond donors (Lipinski definition) is 3. The maximum absolute atomic E-state index is 12.8. The lowest BCUT2D eigenvalue weighted by molar-refractivity contribution is -0.385. The summed E-state index contributed by atoms with van der Waals surface area (Å²) >= 11 is 12.9. The van der Waals surface area contributed by atoms with Crippen molar-refractivity contribution in [1.29, 1.82) is 0 Å². The van der Waals surface area contributed by atoms with Crippen LogP contribution in [0.15, 0.2) is 72.8 Å². The van der Waals surface area contributed by atoms with Crippen LogP contribution in [-0.2, 0) is 40.7 Å². The normalized spacial score (nSPS) is 12.0. The highest BCUT2D eigenvalue weighted by Crippen LogP contribution is 2.37. The van der Waals surface area contributed by atoms with Gasteiger partial charge in [-0.05, 0) is 67.2 Å². The lowest BCUT2D eigenvalue weighted by Crippen LogP contribution is -2.26. The average Bonchev–Trinajstić information content (AvgIpc) is 3.26. The van der Waals surface area contributed by atoms with Gasteiger partial charge in [0.05, 0.1) is 53.7 Å². The number of benzene rings is 3. The van der Waals surface area contributed by atoms with E-state index in [1.54, 1.807) is 6.92 Å². The number of carboxylic acids is 1. The number of esters is 2. The topological polar surface area (TPSA) is 267 Å². The molecule has 4 aromatic rings. The molecule has 0 bridgehead atoms. The summed E-state index contributed by atoms with van der Waals surface area (Å²) in [5.74, 6) is -2.43. The van der Waals surface area contributed by atoms with Gasteiger partial charge < -0.3 is 38.4 Å². The molecule has 18 nitrogen and oxygen atoms in total. The fraction of sp³-hybridized carbons (Fsp3) is 0.409. The van der Waals surface area contributed by atoms with E-state index >= 15 is 0 Å². The number of unbranched alkanes of at least 4 members (excludes halogenated alkanes) is 5. The van der Waals surface area contributed by atoms with Gasteiger partial charge in [-0.15, -0.1) is 10.2 Å². The minimum absolute atomic E-state index is 0.0398. The molecule has 0 aliphatic heterocycles. The Morgan fingerprint density at radius 3 is 2.11 bits per heavy atom. The van der Waals surface area contributed by atoms with Gasteiger partial charge in [-0.2, -0.15) is 13.2 Å². The second-order valence-electron chi connectivity index (χ2n) is 14.5. The third-order valence-corrected chi connectivity index (χ3v) is 9.96. The van der Waals surface area contributed by atoms with Crippen molar-refractivity contribution in [2.45, 2.75) is 71.6 Å². The summed E-state index contributed by atoms with van der Waals surface area (Å²) in [6.45, 7) is 4.54. The average molecular weight is 1090 g/mol. The van der Waals surface area contributed by atoms with Gasteiger partial charge in [0.2, 0.25) is 0 Å². The summed E-state index contributed by atoms with van der Waals surface area (Å²) in [4.78, 5) is 74.2. The Kier molecular flexibility index (Phi) is 29.5. The summed E-state index contributed by atoms with van der Waals surface area (Å²) in [5, 5.41) is 28.6. The molecule has 0 saturated heterocycles. The van der Waals surface area contributed by atoms with Crippen molar-refractivity contribution in [2.75, 3.05) is 44.0 Å². The lowest BCUT2D eigenvalue weighted by atomic mass is 10.1. The van der Waals surface area contributed by atoms with Crippen LogP contribution in [-0.4, -0.2) is 98.4 Å². The second kappa shape index (κ2) is 32.8. The first kappa shape index (κ1) is 63.0. The van der Waals surface area contributed by atoms with Crippen LogP contribution in [0.25, 0.3) is 11.3 Å². The van der Waals surface area contributed by atoms with Gasteiger partial charge in [0, 0.05) is 29.5 Å². The van der Waals surface area contributed by atoms with Crippen LogP contribution in [0.2, 0.25) is 10.2 Å². The van der Waals surface area contributed by atoms with Crippen LogP contribution in [0, 0.1) is 10.1 Å². The molecule has 0 aliphatic carbocycles. The van der Waals surface area contributed by atoms with E-state index in [4.69, 9.17) is 52.1 Å². The van der Waals surface area contributed by atoms with Gasteiger partial charge in [0.15, 0.2) is 17.0 Å². The Morgan fingerprint density at radius 1 is 0.929 bits per heavy atom. The molecule has 386 valence electrons. The maximum Gasteiger partial charge on any atom is 0.416 e. The van der Waals surface area contributed by atoms with E-state index in [1.165, 1.54) is 50.4 Å². The molecule has 0 fully saturated rings. The molecule has 3 N–H and O–H groups in total. The smallest absolute Gasteiger partial charge is 0.416 e.